The van der Waals surface area contributed by atoms with E-state index < -0.39 is 22.5 Å². The summed E-state index contributed by atoms with van der Waals surface area (Å²) in [6.45, 7) is -0.532. The van der Waals surface area contributed by atoms with Gasteiger partial charge in [0, 0.05) is 16.7 Å². The maximum Gasteiger partial charge on any atom is 0.264 e. The lowest BCUT2D eigenvalue weighted by molar-refractivity contribution is -0.114. The molecule has 0 aliphatic carbocycles. The van der Waals surface area contributed by atoms with E-state index in [9.17, 15) is 13.2 Å². The lowest BCUT2D eigenvalue weighted by atomic mass is 10.2. The Morgan fingerprint density at radius 3 is 2.24 bits per heavy atom. The summed E-state index contributed by atoms with van der Waals surface area (Å²) >= 11 is 7.16. The lowest BCUT2D eigenvalue weighted by Gasteiger charge is -2.24. The van der Waals surface area contributed by atoms with Gasteiger partial charge in [-0.2, -0.15) is 0 Å². The molecule has 198 valence electrons. The molecule has 4 rings (SSSR count). The maximum absolute atomic E-state index is 13.7. The van der Waals surface area contributed by atoms with Crippen LogP contribution in [0.5, 0.6) is 17.2 Å². The number of halogens is 1. The molecule has 0 radical (unpaired) electrons. The molecule has 0 aliphatic heterocycles. The molecule has 1 amide bonds. The molecule has 4 aromatic rings. The minimum absolute atomic E-state index is 0.0874. The largest absolute Gasteiger partial charge is 0.497 e. The van der Waals surface area contributed by atoms with Gasteiger partial charge < -0.3 is 14.2 Å². The third-order valence-corrected chi connectivity index (χ3v) is 8.26. The number of nitrogens with one attached hydrogen (secondary N) is 1. The van der Waals surface area contributed by atoms with Gasteiger partial charge in [-0.1, -0.05) is 22.9 Å². The molecule has 10 nitrogen and oxygen atoms in total. The second-order valence-corrected chi connectivity index (χ2v) is 11.0. The molecule has 0 fully saturated rings. The van der Waals surface area contributed by atoms with Crippen LogP contribution in [0.15, 0.2) is 71.6 Å². The van der Waals surface area contributed by atoms with Crippen molar-refractivity contribution >= 4 is 49.7 Å². The first-order valence-corrected chi connectivity index (χ1v) is 13.7. The van der Waals surface area contributed by atoms with E-state index in [-0.39, 0.29) is 21.5 Å². The Kier molecular flexibility index (Phi) is 8.35. The molecule has 0 unspecified atom stereocenters. The zero-order chi connectivity index (χ0) is 27.3. The van der Waals surface area contributed by atoms with E-state index in [1.54, 1.807) is 19.2 Å². The van der Waals surface area contributed by atoms with E-state index >= 15 is 0 Å². The molecule has 1 N–H and O–H groups in total. The number of benzene rings is 3. The van der Waals surface area contributed by atoms with Gasteiger partial charge >= 0.3 is 0 Å². The molecule has 0 aliphatic rings. The van der Waals surface area contributed by atoms with Crippen molar-refractivity contribution in [3.8, 4) is 27.8 Å². The third-order valence-electron chi connectivity index (χ3n) is 5.35. The van der Waals surface area contributed by atoms with Crippen LogP contribution in [0.1, 0.15) is 0 Å². The van der Waals surface area contributed by atoms with Crippen LogP contribution in [-0.4, -0.2) is 52.4 Å². The highest BCUT2D eigenvalue weighted by molar-refractivity contribution is 7.92. The highest BCUT2D eigenvalue weighted by atomic mass is 35.5. The zero-order valence-electron chi connectivity index (χ0n) is 20.5. The van der Waals surface area contributed by atoms with Gasteiger partial charge in [0.1, 0.15) is 17.3 Å². The number of methoxy groups -OCH3 is 3. The summed E-state index contributed by atoms with van der Waals surface area (Å²) in [6, 6.07) is 17.5. The van der Waals surface area contributed by atoms with Gasteiger partial charge in [0.15, 0.2) is 11.5 Å². The Morgan fingerprint density at radius 1 is 0.921 bits per heavy atom. The number of rotatable bonds is 10. The monoisotopic (exact) mass is 574 g/mol. The fraction of sp³-hybridized carbons (Fsp3) is 0.160. The first-order chi connectivity index (χ1) is 18.2. The maximum atomic E-state index is 13.7. The van der Waals surface area contributed by atoms with E-state index in [4.69, 9.17) is 25.8 Å². The van der Waals surface area contributed by atoms with Crippen molar-refractivity contribution < 1.29 is 27.4 Å². The van der Waals surface area contributed by atoms with Gasteiger partial charge in [-0.15, -0.1) is 10.2 Å². The summed E-state index contributed by atoms with van der Waals surface area (Å²) < 4.78 is 44.0. The van der Waals surface area contributed by atoms with Crippen molar-refractivity contribution in [1.82, 2.24) is 10.2 Å². The lowest BCUT2D eigenvalue weighted by Crippen LogP contribution is -2.38. The molecule has 0 atom stereocenters. The minimum Gasteiger partial charge on any atom is -0.497 e. The van der Waals surface area contributed by atoms with Crippen LogP contribution in [0.4, 0.5) is 10.8 Å². The van der Waals surface area contributed by atoms with Crippen LogP contribution in [-0.2, 0) is 14.8 Å². The smallest absolute Gasteiger partial charge is 0.264 e. The van der Waals surface area contributed by atoms with E-state index in [2.05, 4.69) is 15.5 Å². The molecule has 1 heterocycles. The summed E-state index contributed by atoms with van der Waals surface area (Å²) in [5.74, 6) is 0.686. The normalized spacial score (nSPS) is 11.1. The highest BCUT2D eigenvalue weighted by Crippen LogP contribution is 2.33. The second-order valence-electron chi connectivity index (χ2n) is 7.69. The van der Waals surface area contributed by atoms with E-state index in [1.807, 2.05) is 12.1 Å². The van der Waals surface area contributed by atoms with Crippen LogP contribution in [0.25, 0.3) is 10.6 Å². The number of hydrogen-bond acceptors (Lipinski definition) is 9. The standard InChI is InChI=1S/C25H23ClN4O6S2/c1-34-19-10-4-16(5-11-19)24-28-29-25(37-24)27-23(31)15-30(18-8-6-17(26)7-9-18)38(32,33)20-12-13-21(35-2)22(14-20)36-3/h4-14H,15H2,1-3H3,(H,27,29,31). The molecule has 0 spiro atoms. The molecule has 0 bridgehead atoms. The number of aromatic nitrogens is 2. The Labute approximate surface area is 228 Å². The molecular formula is C25H23ClN4O6S2. The second kappa shape index (κ2) is 11.7. The average Bonchev–Trinajstić information content (AvgIpc) is 3.40. The SMILES string of the molecule is COc1ccc(-c2nnc(NC(=O)CN(c3ccc(Cl)cc3)S(=O)(=O)c3ccc(OC)c(OC)c3)s2)cc1. The number of carbonyl (C=O) groups excluding carboxylic acids is 1. The molecule has 3 aromatic carbocycles. The van der Waals surface area contributed by atoms with Crippen molar-refractivity contribution in [3.63, 3.8) is 0 Å². The summed E-state index contributed by atoms with van der Waals surface area (Å²) in [4.78, 5) is 12.9. The van der Waals surface area contributed by atoms with Crippen molar-refractivity contribution in [2.45, 2.75) is 4.90 Å². The number of hydrogen-bond donors (Lipinski definition) is 1. The van der Waals surface area contributed by atoms with E-state index in [0.29, 0.717) is 21.5 Å². The molecule has 1 aromatic heterocycles. The first kappa shape index (κ1) is 27.2. The predicted octanol–water partition coefficient (Wildman–Crippen LogP) is 4.72. The zero-order valence-corrected chi connectivity index (χ0v) is 22.9. The van der Waals surface area contributed by atoms with Gasteiger partial charge in [0.25, 0.3) is 10.0 Å². The molecule has 0 saturated carbocycles. The number of sulfonamides is 1. The van der Waals surface area contributed by atoms with Crippen LogP contribution in [0.2, 0.25) is 5.02 Å². The van der Waals surface area contributed by atoms with Crippen molar-refractivity contribution in [2.75, 3.05) is 37.5 Å². The average molecular weight is 575 g/mol. The van der Waals surface area contributed by atoms with E-state index in [1.165, 1.54) is 56.7 Å². The Bertz CT molecular complexity index is 1530. The fourth-order valence-corrected chi connectivity index (χ4v) is 5.77. The number of anilines is 2. The number of carbonyl (C=O) groups is 1. The summed E-state index contributed by atoms with van der Waals surface area (Å²) in [5, 5.41) is 12.0. The van der Waals surface area contributed by atoms with E-state index in [0.717, 1.165) is 21.2 Å². The Hall–Kier alpha value is -3.87. The Morgan fingerprint density at radius 2 is 1.61 bits per heavy atom. The number of amides is 1. The highest BCUT2D eigenvalue weighted by Gasteiger charge is 2.29. The van der Waals surface area contributed by atoms with Crippen LogP contribution in [0, 0.1) is 0 Å². The molecule has 0 saturated heterocycles. The van der Waals surface area contributed by atoms with Crippen LogP contribution >= 0.6 is 22.9 Å². The summed E-state index contributed by atoms with van der Waals surface area (Å²) in [7, 11) is 0.221. The quantitative estimate of drug-likeness (QED) is 0.289. The van der Waals surface area contributed by atoms with Gasteiger partial charge in [-0.25, -0.2) is 8.42 Å². The molecular weight excluding hydrogens is 552 g/mol. The summed E-state index contributed by atoms with van der Waals surface area (Å²) in [6.07, 6.45) is 0. The van der Waals surface area contributed by atoms with Gasteiger partial charge in [0.2, 0.25) is 11.0 Å². The minimum atomic E-state index is -4.21. The van der Waals surface area contributed by atoms with Crippen LogP contribution in [0.3, 0.4) is 0 Å². The topological polar surface area (TPSA) is 120 Å². The van der Waals surface area contributed by atoms with Gasteiger partial charge in [-0.05, 0) is 60.7 Å². The number of nitrogens with zero attached hydrogens (tertiary/aromatic N) is 3. The Balaban J connectivity index is 1.60. The third kappa shape index (κ3) is 5.98. The first-order valence-electron chi connectivity index (χ1n) is 11.0. The molecule has 38 heavy (non-hydrogen) atoms. The fourth-order valence-electron chi connectivity index (χ4n) is 3.44. The predicted molar refractivity (Wildman–Crippen MR) is 146 cm³/mol. The van der Waals surface area contributed by atoms with Crippen molar-refractivity contribution in [3.05, 3.63) is 71.8 Å². The van der Waals surface area contributed by atoms with Crippen LogP contribution < -0.4 is 23.8 Å². The van der Waals surface area contributed by atoms with Crippen molar-refractivity contribution in [2.24, 2.45) is 0 Å². The van der Waals surface area contributed by atoms with Crippen molar-refractivity contribution in [1.29, 1.82) is 0 Å². The molecule has 13 heteroatoms. The summed E-state index contributed by atoms with van der Waals surface area (Å²) in [5.41, 5.74) is 1.04. The van der Waals surface area contributed by atoms with Gasteiger partial charge in [0.05, 0.1) is 31.9 Å². The van der Waals surface area contributed by atoms with Gasteiger partial charge in [-0.3, -0.25) is 14.4 Å². The number of ether oxygens (including phenoxy) is 3.